The molecule has 0 saturated carbocycles. The van der Waals surface area contributed by atoms with Crippen molar-refractivity contribution in [1.82, 2.24) is 4.57 Å². The molecule has 0 spiro atoms. The predicted molar refractivity (Wildman–Crippen MR) is 109 cm³/mol. The number of benzene rings is 3. The zero-order chi connectivity index (χ0) is 19.0. The maximum absolute atomic E-state index is 13.3. The Hall–Kier alpha value is -2.27. The molecule has 6 heteroatoms. The molecule has 4 rings (SSSR count). The van der Waals surface area contributed by atoms with Crippen LogP contribution in [-0.4, -0.2) is 13.0 Å². The second kappa shape index (κ2) is 7.04. The highest BCUT2D eigenvalue weighted by atomic mass is 35.5. The average Bonchev–Trinajstić information content (AvgIpc) is 2.96. The Bertz CT molecular complexity index is 1210. The van der Waals surface area contributed by atoms with Crippen LogP contribution in [0.1, 0.15) is 5.56 Å². The molecule has 0 bridgehead atoms. The Balaban J connectivity index is 1.93. The summed E-state index contributed by atoms with van der Waals surface area (Å²) in [5, 5.41) is 1.46. The van der Waals surface area contributed by atoms with Crippen molar-refractivity contribution in [2.24, 2.45) is 0 Å². The summed E-state index contributed by atoms with van der Waals surface area (Å²) < 4.78 is 28.3. The van der Waals surface area contributed by atoms with Crippen LogP contribution in [0, 0.1) is 0 Å². The molecular formula is C21H15Cl2NO2S. The highest BCUT2D eigenvalue weighted by Gasteiger charge is 2.28. The second-order valence-corrected chi connectivity index (χ2v) is 8.85. The molecule has 3 aromatic carbocycles. The zero-order valence-corrected chi connectivity index (χ0v) is 16.5. The van der Waals surface area contributed by atoms with Crippen molar-refractivity contribution in [2.45, 2.75) is 16.3 Å². The van der Waals surface area contributed by atoms with Crippen molar-refractivity contribution in [3.63, 3.8) is 0 Å². The van der Waals surface area contributed by atoms with Gasteiger partial charge in [0.1, 0.15) is 10.0 Å². The van der Waals surface area contributed by atoms with Crippen LogP contribution in [0.2, 0.25) is 10.2 Å². The molecule has 0 fully saturated rings. The normalized spacial score (nSPS) is 11.8. The van der Waals surface area contributed by atoms with Crippen LogP contribution in [0.3, 0.4) is 0 Å². The van der Waals surface area contributed by atoms with E-state index in [1.54, 1.807) is 48.5 Å². The fraction of sp³-hybridized carbons (Fsp3) is 0.0476. The third kappa shape index (κ3) is 3.25. The number of hydrogen-bond donors (Lipinski definition) is 0. The van der Waals surface area contributed by atoms with Gasteiger partial charge in [0.25, 0.3) is 0 Å². The quantitative estimate of drug-likeness (QED) is 0.420. The van der Waals surface area contributed by atoms with Gasteiger partial charge in [-0.25, -0.2) is 8.42 Å². The molecule has 0 aliphatic heterocycles. The number of aromatic nitrogens is 1. The number of sulfone groups is 1. The van der Waals surface area contributed by atoms with Crippen LogP contribution in [0.4, 0.5) is 0 Å². The van der Waals surface area contributed by atoms with Crippen molar-refractivity contribution in [3.8, 4) is 0 Å². The van der Waals surface area contributed by atoms with E-state index in [1.807, 2.05) is 34.9 Å². The highest BCUT2D eigenvalue weighted by Crippen LogP contribution is 2.37. The molecule has 0 aliphatic carbocycles. The fourth-order valence-corrected chi connectivity index (χ4v) is 5.37. The van der Waals surface area contributed by atoms with Crippen molar-refractivity contribution in [3.05, 3.63) is 94.6 Å². The number of rotatable bonds is 4. The van der Waals surface area contributed by atoms with Gasteiger partial charge in [0, 0.05) is 17.0 Å². The number of nitrogens with zero attached hydrogens (tertiary/aromatic N) is 1. The van der Waals surface area contributed by atoms with E-state index in [0.29, 0.717) is 17.0 Å². The molecule has 4 aromatic rings. The second-order valence-electron chi connectivity index (χ2n) is 6.17. The van der Waals surface area contributed by atoms with Crippen LogP contribution in [0.25, 0.3) is 10.9 Å². The monoisotopic (exact) mass is 415 g/mol. The molecule has 0 aliphatic rings. The minimum Gasteiger partial charge on any atom is -0.326 e. The van der Waals surface area contributed by atoms with Gasteiger partial charge >= 0.3 is 0 Å². The van der Waals surface area contributed by atoms with Gasteiger partial charge < -0.3 is 4.57 Å². The van der Waals surface area contributed by atoms with Crippen LogP contribution >= 0.6 is 23.2 Å². The van der Waals surface area contributed by atoms with Crippen molar-refractivity contribution >= 4 is 43.9 Å². The van der Waals surface area contributed by atoms with E-state index in [4.69, 9.17) is 23.2 Å². The molecule has 1 aromatic heterocycles. The molecule has 0 saturated heterocycles. The van der Waals surface area contributed by atoms with E-state index < -0.39 is 9.84 Å². The summed E-state index contributed by atoms with van der Waals surface area (Å²) >= 11 is 12.6. The topological polar surface area (TPSA) is 39.1 Å². The minimum atomic E-state index is -3.75. The molecule has 1 heterocycles. The maximum atomic E-state index is 13.3. The number of fused-ring (bicyclic) bond motifs is 1. The van der Waals surface area contributed by atoms with Crippen molar-refractivity contribution < 1.29 is 8.42 Å². The molecule has 3 nitrogen and oxygen atoms in total. The largest absolute Gasteiger partial charge is 0.326 e. The van der Waals surface area contributed by atoms with Gasteiger partial charge in [0.15, 0.2) is 0 Å². The van der Waals surface area contributed by atoms with Gasteiger partial charge in [-0.05, 0) is 35.9 Å². The summed E-state index contributed by atoms with van der Waals surface area (Å²) in [5.74, 6) is 0. The van der Waals surface area contributed by atoms with Crippen LogP contribution in [0.5, 0.6) is 0 Å². The van der Waals surface area contributed by atoms with Crippen molar-refractivity contribution in [1.29, 1.82) is 0 Å². The van der Waals surface area contributed by atoms with E-state index >= 15 is 0 Å². The molecule has 0 amide bonds. The van der Waals surface area contributed by atoms with Gasteiger partial charge in [-0.15, -0.1) is 0 Å². The lowest BCUT2D eigenvalue weighted by Crippen LogP contribution is -2.04. The molecule has 27 heavy (non-hydrogen) atoms. The first-order valence-electron chi connectivity index (χ1n) is 8.30. The number of para-hydroxylation sites is 1. The molecule has 0 radical (unpaired) electrons. The summed E-state index contributed by atoms with van der Waals surface area (Å²) in [6.45, 7) is 0.445. The first kappa shape index (κ1) is 18.1. The Morgan fingerprint density at radius 2 is 1.41 bits per heavy atom. The number of halogens is 2. The lowest BCUT2D eigenvalue weighted by atomic mass is 10.2. The predicted octanol–water partition coefficient (Wildman–Crippen LogP) is 5.83. The van der Waals surface area contributed by atoms with Crippen molar-refractivity contribution in [2.75, 3.05) is 0 Å². The third-order valence-electron chi connectivity index (χ3n) is 4.44. The standard InChI is InChI=1S/C21H15Cl2NO2S/c22-16-12-10-15(11-13-16)14-24-19-9-5-4-8-18(19)20(21(24)23)27(25,26)17-6-2-1-3-7-17/h1-13H,14H2. The summed E-state index contributed by atoms with van der Waals surface area (Å²) in [7, 11) is -3.75. The first-order valence-corrected chi connectivity index (χ1v) is 10.5. The summed E-state index contributed by atoms with van der Waals surface area (Å²) in [6.07, 6.45) is 0. The Morgan fingerprint density at radius 3 is 2.11 bits per heavy atom. The molecular weight excluding hydrogens is 401 g/mol. The van der Waals surface area contributed by atoms with E-state index in [2.05, 4.69) is 0 Å². The summed E-state index contributed by atoms with van der Waals surface area (Å²) in [4.78, 5) is 0.362. The van der Waals surface area contributed by atoms with Gasteiger partial charge in [-0.1, -0.05) is 71.7 Å². The maximum Gasteiger partial charge on any atom is 0.210 e. The van der Waals surface area contributed by atoms with Crippen LogP contribution in [0.15, 0.2) is 88.7 Å². The minimum absolute atomic E-state index is 0.139. The molecule has 0 N–H and O–H groups in total. The van der Waals surface area contributed by atoms with Gasteiger partial charge in [-0.2, -0.15) is 0 Å². The van der Waals surface area contributed by atoms with Crippen LogP contribution < -0.4 is 0 Å². The van der Waals surface area contributed by atoms with E-state index in [1.165, 1.54) is 0 Å². The van der Waals surface area contributed by atoms with Gasteiger partial charge in [-0.3, -0.25) is 0 Å². The van der Waals surface area contributed by atoms with E-state index in [9.17, 15) is 8.42 Å². The Kier molecular flexibility index (Phi) is 4.72. The first-order chi connectivity index (χ1) is 13.0. The Labute approximate surface area is 167 Å². The molecule has 136 valence electrons. The smallest absolute Gasteiger partial charge is 0.210 e. The molecule has 0 unspecified atom stereocenters. The van der Waals surface area contributed by atoms with E-state index in [-0.39, 0.29) is 14.9 Å². The lowest BCUT2D eigenvalue weighted by molar-refractivity contribution is 0.596. The lowest BCUT2D eigenvalue weighted by Gasteiger charge is -2.08. The van der Waals surface area contributed by atoms with E-state index in [0.717, 1.165) is 11.1 Å². The average molecular weight is 416 g/mol. The fourth-order valence-electron chi connectivity index (χ4n) is 3.14. The summed E-state index contributed by atoms with van der Waals surface area (Å²) in [6, 6.07) is 23.1. The number of hydrogen-bond acceptors (Lipinski definition) is 2. The third-order valence-corrected chi connectivity index (χ3v) is 7.04. The summed E-state index contributed by atoms with van der Waals surface area (Å²) in [5.41, 5.74) is 1.75. The molecule has 0 atom stereocenters. The zero-order valence-electron chi connectivity index (χ0n) is 14.1. The van der Waals surface area contributed by atoms with Gasteiger partial charge in [0.2, 0.25) is 9.84 Å². The highest BCUT2D eigenvalue weighted by molar-refractivity contribution is 7.91. The Morgan fingerprint density at radius 1 is 0.778 bits per heavy atom. The van der Waals surface area contributed by atoms with Gasteiger partial charge in [0.05, 0.1) is 10.4 Å². The van der Waals surface area contributed by atoms with Crippen LogP contribution in [-0.2, 0) is 16.4 Å². The SMILES string of the molecule is O=S(=O)(c1ccccc1)c1c(Cl)n(Cc2ccc(Cl)cc2)c2ccccc12.